The van der Waals surface area contributed by atoms with Crippen LogP contribution in [0.15, 0.2) is 0 Å². The molecule has 1 aliphatic heterocycles. The van der Waals surface area contributed by atoms with Crippen LogP contribution in [0.3, 0.4) is 0 Å². The van der Waals surface area contributed by atoms with Crippen LogP contribution in [-0.2, 0) is 9.53 Å². The maximum absolute atomic E-state index is 11.1. The van der Waals surface area contributed by atoms with Crippen LogP contribution in [-0.4, -0.2) is 36.6 Å². The normalized spacial score (nSPS) is 20.4. The van der Waals surface area contributed by atoms with Gasteiger partial charge in [0.25, 0.3) is 0 Å². The molecule has 1 heterocycles. The van der Waals surface area contributed by atoms with E-state index < -0.39 is 0 Å². The Balaban J connectivity index is 2.43. The van der Waals surface area contributed by atoms with Crippen LogP contribution in [0, 0.1) is 11.8 Å². The molecular formula is C9H16N2O3. The van der Waals surface area contributed by atoms with Crippen molar-refractivity contribution in [3.8, 4) is 0 Å². The zero-order valence-electron chi connectivity index (χ0n) is 8.53. The Morgan fingerprint density at radius 1 is 1.64 bits per heavy atom. The second-order valence-corrected chi connectivity index (χ2v) is 3.73. The van der Waals surface area contributed by atoms with Crippen molar-refractivity contribution in [1.29, 1.82) is 0 Å². The molecule has 0 aromatic heterocycles. The topological polar surface area (TPSA) is 72.6 Å². The monoisotopic (exact) mass is 200 g/mol. The van der Waals surface area contributed by atoms with E-state index in [4.69, 9.17) is 10.5 Å². The van der Waals surface area contributed by atoms with Gasteiger partial charge in [-0.3, -0.25) is 4.79 Å². The molecule has 80 valence electrons. The van der Waals surface area contributed by atoms with Gasteiger partial charge in [-0.1, -0.05) is 13.8 Å². The van der Waals surface area contributed by atoms with Crippen molar-refractivity contribution in [2.45, 2.75) is 13.8 Å². The van der Waals surface area contributed by atoms with Crippen LogP contribution in [0.2, 0.25) is 0 Å². The van der Waals surface area contributed by atoms with Crippen molar-refractivity contribution in [3.05, 3.63) is 0 Å². The lowest BCUT2D eigenvalue weighted by molar-refractivity contribution is -0.122. The summed E-state index contributed by atoms with van der Waals surface area (Å²) in [5.74, 6) is -0.480. The van der Waals surface area contributed by atoms with E-state index in [0.717, 1.165) is 0 Å². The Morgan fingerprint density at radius 3 is 2.71 bits per heavy atom. The van der Waals surface area contributed by atoms with Gasteiger partial charge in [0, 0.05) is 12.5 Å². The molecule has 1 fully saturated rings. The fourth-order valence-electron chi connectivity index (χ4n) is 1.38. The quantitative estimate of drug-likeness (QED) is 0.704. The van der Waals surface area contributed by atoms with Gasteiger partial charge in [0.15, 0.2) is 0 Å². The lowest BCUT2D eigenvalue weighted by Gasteiger charge is -2.21. The lowest BCUT2D eigenvalue weighted by Crippen LogP contribution is -2.35. The first-order valence-electron chi connectivity index (χ1n) is 4.73. The number of hydrogen-bond acceptors (Lipinski definition) is 3. The smallest absolute Gasteiger partial charge is 0.409 e. The molecule has 0 aromatic rings. The average molecular weight is 200 g/mol. The maximum atomic E-state index is 11.1. The molecule has 0 radical (unpaired) electrons. The van der Waals surface area contributed by atoms with E-state index in [0.29, 0.717) is 19.7 Å². The summed E-state index contributed by atoms with van der Waals surface area (Å²) in [6, 6.07) is 0. The lowest BCUT2D eigenvalue weighted by atomic mass is 9.95. The van der Waals surface area contributed by atoms with Crippen LogP contribution >= 0.6 is 0 Å². The summed E-state index contributed by atoms with van der Waals surface area (Å²) in [5.41, 5.74) is 5.17. The minimum Gasteiger partial charge on any atom is -0.448 e. The molecule has 0 aromatic carbocycles. The van der Waals surface area contributed by atoms with Crippen molar-refractivity contribution >= 4 is 12.0 Å². The van der Waals surface area contributed by atoms with Gasteiger partial charge in [0.05, 0.1) is 6.54 Å². The van der Waals surface area contributed by atoms with E-state index in [9.17, 15) is 9.59 Å². The van der Waals surface area contributed by atoms with E-state index >= 15 is 0 Å². The van der Waals surface area contributed by atoms with Gasteiger partial charge >= 0.3 is 6.09 Å². The SMILES string of the molecule is C[C@H](C(N)=O)[C@@H](C)CN1CCOC1=O. The predicted octanol–water partition coefficient (Wildman–Crippen LogP) is 0.196. The Morgan fingerprint density at radius 2 is 2.29 bits per heavy atom. The number of hydrogen-bond donors (Lipinski definition) is 1. The molecule has 1 aliphatic rings. The molecule has 0 saturated carbocycles. The third kappa shape index (κ3) is 2.37. The fourth-order valence-corrected chi connectivity index (χ4v) is 1.38. The van der Waals surface area contributed by atoms with Gasteiger partial charge in [0.1, 0.15) is 6.61 Å². The van der Waals surface area contributed by atoms with E-state index in [2.05, 4.69) is 0 Å². The van der Waals surface area contributed by atoms with Gasteiger partial charge in [-0.05, 0) is 5.92 Å². The Kier molecular flexibility index (Phi) is 3.33. The molecule has 2 atom stereocenters. The van der Waals surface area contributed by atoms with Crippen molar-refractivity contribution < 1.29 is 14.3 Å². The molecule has 14 heavy (non-hydrogen) atoms. The van der Waals surface area contributed by atoms with Gasteiger partial charge in [-0.25, -0.2) is 4.79 Å². The van der Waals surface area contributed by atoms with E-state index in [1.807, 2.05) is 6.92 Å². The standard InChI is InChI=1S/C9H16N2O3/c1-6(7(2)8(10)12)5-11-3-4-14-9(11)13/h6-7H,3-5H2,1-2H3,(H2,10,12)/t6-,7-/m0/s1. The van der Waals surface area contributed by atoms with Crippen molar-refractivity contribution in [2.75, 3.05) is 19.7 Å². The fraction of sp³-hybridized carbons (Fsp3) is 0.778. The molecule has 2 amide bonds. The first kappa shape index (κ1) is 10.8. The van der Waals surface area contributed by atoms with Crippen molar-refractivity contribution in [3.63, 3.8) is 0 Å². The molecule has 0 unspecified atom stereocenters. The van der Waals surface area contributed by atoms with E-state index in [-0.39, 0.29) is 23.8 Å². The van der Waals surface area contributed by atoms with E-state index in [1.165, 1.54) is 0 Å². The van der Waals surface area contributed by atoms with Gasteiger partial charge in [-0.15, -0.1) is 0 Å². The summed E-state index contributed by atoms with van der Waals surface area (Å²) in [7, 11) is 0. The minimum atomic E-state index is -0.329. The summed E-state index contributed by atoms with van der Waals surface area (Å²) >= 11 is 0. The highest BCUT2D eigenvalue weighted by Crippen LogP contribution is 2.14. The molecule has 0 bridgehead atoms. The second kappa shape index (κ2) is 4.30. The number of amides is 2. The number of primary amides is 1. The largest absolute Gasteiger partial charge is 0.448 e. The molecule has 0 spiro atoms. The van der Waals surface area contributed by atoms with Gasteiger partial charge < -0.3 is 15.4 Å². The maximum Gasteiger partial charge on any atom is 0.409 e. The number of ether oxygens (including phenoxy) is 1. The Labute approximate surface area is 83.2 Å². The molecule has 5 heteroatoms. The van der Waals surface area contributed by atoms with Crippen LogP contribution in [0.4, 0.5) is 4.79 Å². The molecule has 0 aliphatic carbocycles. The van der Waals surface area contributed by atoms with Crippen LogP contribution < -0.4 is 5.73 Å². The van der Waals surface area contributed by atoms with Crippen LogP contribution in [0.1, 0.15) is 13.8 Å². The Hall–Kier alpha value is -1.26. The van der Waals surface area contributed by atoms with Gasteiger partial charge in [-0.2, -0.15) is 0 Å². The third-order valence-corrected chi connectivity index (χ3v) is 2.66. The summed E-state index contributed by atoms with van der Waals surface area (Å²) in [5, 5.41) is 0. The van der Waals surface area contributed by atoms with E-state index in [1.54, 1.807) is 11.8 Å². The van der Waals surface area contributed by atoms with Crippen molar-refractivity contribution in [2.24, 2.45) is 17.6 Å². The van der Waals surface area contributed by atoms with Crippen LogP contribution in [0.25, 0.3) is 0 Å². The molecule has 1 rings (SSSR count). The highest BCUT2D eigenvalue weighted by atomic mass is 16.6. The van der Waals surface area contributed by atoms with Crippen molar-refractivity contribution in [1.82, 2.24) is 4.90 Å². The number of carbonyl (C=O) groups excluding carboxylic acids is 2. The second-order valence-electron chi connectivity index (χ2n) is 3.73. The third-order valence-electron chi connectivity index (χ3n) is 2.66. The van der Waals surface area contributed by atoms with Crippen LogP contribution in [0.5, 0.6) is 0 Å². The first-order chi connectivity index (χ1) is 6.52. The summed E-state index contributed by atoms with van der Waals surface area (Å²) < 4.78 is 4.78. The number of carbonyl (C=O) groups is 2. The zero-order valence-corrected chi connectivity index (χ0v) is 8.53. The Bertz CT molecular complexity index is 242. The summed E-state index contributed by atoms with van der Waals surface area (Å²) in [4.78, 5) is 23.6. The number of cyclic esters (lactones) is 1. The highest BCUT2D eigenvalue weighted by Gasteiger charge is 2.27. The molecular weight excluding hydrogens is 184 g/mol. The highest BCUT2D eigenvalue weighted by molar-refractivity contribution is 5.76. The molecule has 2 N–H and O–H groups in total. The number of nitrogens with zero attached hydrogens (tertiary/aromatic N) is 1. The number of rotatable bonds is 4. The average Bonchev–Trinajstić information content (AvgIpc) is 2.50. The summed E-state index contributed by atoms with van der Waals surface area (Å²) in [6.07, 6.45) is -0.298. The number of nitrogens with two attached hydrogens (primary N) is 1. The minimum absolute atomic E-state index is 0.0677. The zero-order chi connectivity index (χ0) is 10.7. The first-order valence-corrected chi connectivity index (χ1v) is 4.73. The molecule has 5 nitrogen and oxygen atoms in total. The van der Waals surface area contributed by atoms with Gasteiger partial charge in [0.2, 0.25) is 5.91 Å². The summed E-state index contributed by atoms with van der Waals surface area (Å²) in [6.45, 7) is 5.25. The molecule has 1 saturated heterocycles. The predicted molar refractivity (Wildman–Crippen MR) is 50.4 cm³/mol.